The maximum absolute atomic E-state index is 12.3. The van der Waals surface area contributed by atoms with Crippen molar-refractivity contribution in [2.24, 2.45) is 11.3 Å². The Bertz CT molecular complexity index is 530. The van der Waals surface area contributed by atoms with Gasteiger partial charge in [0.25, 0.3) is 0 Å². The van der Waals surface area contributed by atoms with Crippen molar-refractivity contribution in [1.82, 2.24) is 5.32 Å². The van der Waals surface area contributed by atoms with Crippen molar-refractivity contribution >= 4 is 11.9 Å². The minimum atomic E-state index is -1.30. The largest absolute Gasteiger partial charge is 0.453 e. The Labute approximate surface area is 124 Å². The third kappa shape index (κ3) is 1.55. The van der Waals surface area contributed by atoms with E-state index < -0.39 is 34.5 Å². The molecule has 0 aromatic heterocycles. The summed E-state index contributed by atoms with van der Waals surface area (Å²) in [4.78, 5) is 24.5. The predicted octanol–water partition coefficient (Wildman–Crippen LogP) is 1.30. The highest BCUT2D eigenvalue weighted by Gasteiger charge is 2.80. The molecule has 5 nitrogen and oxygen atoms in total. The van der Waals surface area contributed by atoms with E-state index in [2.05, 4.69) is 5.32 Å². The first-order valence-electron chi connectivity index (χ1n) is 7.73. The monoisotopic (exact) mass is 293 g/mol. The van der Waals surface area contributed by atoms with E-state index in [1.165, 1.54) is 0 Å². The highest BCUT2D eigenvalue weighted by molar-refractivity contribution is 6.02. The van der Waals surface area contributed by atoms with Crippen LogP contribution in [-0.4, -0.2) is 34.2 Å². The molecule has 0 aromatic rings. The molecule has 2 aliphatic heterocycles. The summed E-state index contributed by atoms with van der Waals surface area (Å²) in [6.45, 7) is 5.60. The van der Waals surface area contributed by atoms with Crippen LogP contribution < -0.4 is 5.32 Å². The zero-order valence-electron chi connectivity index (χ0n) is 12.8. The molecule has 2 saturated heterocycles. The third-order valence-electron chi connectivity index (χ3n) is 5.74. The van der Waals surface area contributed by atoms with E-state index in [0.717, 1.165) is 19.3 Å². The third-order valence-corrected chi connectivity index (χ3v) is 5.74. The van der Waals surface area contributed by atoms with Crippen LogP contribution in [0.25, 0.3) is 0 Å². The summed E-state index contributed by atoms with van der Waals surface area (Å²) in [6.07, 6.45) is 6.37. The number of carbonyl (C=O) groups excluding carboxylic acids is 2. The van der Waals surface area contributed by atoms with Gasteiger partial charge in [0.05, 0.1) is 5.92 Å². The maximum atomic E-state index is 12.3. The van der Waals surface area contributed by atoms with Gasteiger partial charge in [0.2, 0.25) is 11.4 Å². The van der Waals surface area contributed by atoms with Gasteiger partial charge in [0, 0.05) is 5.41 Å². The van der Waals surface area contributed by atoms with Crippen LogP contribution in [0.3, 0.4) is 0 Å². The molecule has 0 unspecified atom stereocenters. The zero-order chi connectivity index (χ0) is 15.5. The van der Waals surface area contributed by atoms with Crippen LogP contribution in [0.5, 0.6) is 0 Å². The second-order valence-corrected chi connectivity index (χ2v) is 6.96. The molecule has 1 aliphatic carbocycles. The average Bonchev–Trinajstić information content (AvgIpc) is 2.62. The number of aliphatic hydroxyl groups is 1. The van der Waals surface area contributed by atoms with Gasteiger partial charge < -0.3 is 15.2 Å². The molecule has 0 aromatic carbocycles. The topological polar surface area (TPSA) is 75.6 Å². The number of hydrogen-bond acceptors (Lipinski definition) is 4. The number of fused-ring (bicyclic) bond motifs is 1. The minimum absolute atomic E-state index is 0.201. The smallest absolute Gasteiger partial charge is 0.339 e. The van der Waals surface area contributed by atoms with Crippen molar-refractivity contribution in [3.8, 4) is 0 Å². The number of esters is 1. The Hall–Kier alpha value is -1.36. The Balaban J connectivity index is 2.03. The van der Waals surface area contributed by atoms with E-state index in [9.17, 15) is 14.7 Å². The Kier molecular flexibility index (Phi) is 3.00. The number of aliphatic hydroxyl groups excluding tert-OH is 1. The number of hydrogen-bond donors (Lipinski definition) is 2. The van der Waals surface area contributed by atoms with Crippen LogP contribution in [-0.2, 0) is 14.3 Å². The number of carbonyl (C=O) groups is 2. The number of ether oxygens (including phenoxy) is 1. The summed E-state index contributed by atoms with van der Waals surface area (Å²) in [5, 5.41) is 13.8. The summed E-state index contributed by atoms with van der Waals surface area (Å²) in [7, 11) is 0. The molecule has 3 aliphatic rings. The molecular weight excluding hydrogens is 270 g/mol. The molecule has 116 valence electrons. The lowest BCUT2D eigenvalue weighted by molar-refractivity contribution is -0.243. The van der Waals surface area contributed by atoms with Crippen molar-refractivity contribution < 1.29 is 19.4 Å². The lowest BCUT2D eigenvalue weighted by Crippen LogP contribution is -2.81. The van der Waals surface area contributed by atoms with Crippen molar-refractivity contribution in [2.45, 2.75) is 63.7 Å². The van der Waals surface area contributed by atoms with E-state index in [1.54, 1.807) is 6.92 Å². The van der Waals surface area contributed by atoms with Crippen LogP contribution in [0.15, 0.2) is 12.2 Å². The van der Waals surface area contributed by atoms with Gasteiger partial charge >= 0.3 is 5.97 Å². The molecule has 5 heteroatoms. The number of allylic oxidation sites excluding steroid dienone is 1. The van der Waals surface area contributed by atoms with Crippen LogP contribution in [0.4, 0.5) is 0 Å². The molecule has 2 N–H and O–H groups in total. The SMILES string of the molecule is CC[C@H]1C(=O)N[C@@]2([C@@H](O)[C@]3(C)C=CCCC3)C(=O)O[C@@]12C. The summed E-state index contributed by atoms with van der Waals surface area (Å²) in [5.41, 5.74) is -2.78. The van der Waals surface area contributed by atoms with Crippen molar-refractivity contribution in [2.75, 3.05) is 0 Å². The van der Waals surface area contributed by atoms with Crippen molar-refractivity contribution in [1.29, 1.82) is 0 Å². The number of amides is 1. The minimum Gasteiger partial charge on any atom is -0.453 e. The molecule has 2 heterocycles. The summed E-state index contributed by atoms with van der Waals surface area (Å²) < 4.78 is 5.38. The molecule has 5 atom stereocenters. The molecule has 0 spiro atoms. The molecule has 0 saturated carbocycles. The Morgan fingerprint density at radius 1 is 1.48 bits per heavy atom. The van der Waals surface area contributed by atoms with Crippen molar-refractivity contribution in [3.05, 3.63) is 12.2 Å². The first kappa shape index (κ1) is 14.6. The first-order valence-corrected chi connectivity index (χ1v) is 7.73. The molecule has 1 amide bonds. The van der Waals surface area contributed by atoms with Gasteiger partial charge in [0.15, 0.2) is 5.60 Å². The zero-order valence-corrected chi connectivity index (χ0v) is 12.8. The number of rotatable bonds is 3. The Morgan fingerprint density at radius 2 is 2.19 bits per heavy atom. The quantitative estimate of drug-likeness (QED) is 0.607. The predicted molar refractivity (Wildman–Crippen MR) is 76.3 cm³/mol. The van der Waals surface area contributed by atoms with Gasteiger partial charge in [-0.25, -0.2) is 4.79 Å². The molecular formula is C16H23NO4. The van der Waals surface area contributed by atoms with Gasteiger partial charge in [-0.3, -0.25) is 4.79 Å². The highest BCUT2D eigenvalue weighted by Crippen LogP contribution is 2.55. The second-order valence-electron chi connectivity index (χ2n) is 6.96. The van der Waals surface area contributed by atoms with Gasteiger partial charge in [-0.1, -0.05) is 26.0 Å². The average molecular weight is 293 g/mol. The standard InChI is InChI=1S/C16H23NO4/c1-4-10-11(18)17-16(13(20)21-15(10,16)3)12(19)14(2)8-6-5-7-9-14/h6,8,10,12,19H,4-5,7,9H2,1-3H3,(H,17,18)/t10-,12-,14+,15-,16-/m0/s1. The van der Waals surface area contributed by atoms with E-state index >= 15 is 0 Å². The molecule has 0 bridgehead atoms. The summed E-state index contributed by atoms with van der Waals surface area (Å²) >= 11 is 0. The van der Waals surface area contributed by atoms with Crippen LogP contribution in [0.1, 0.15) is 46.5 Å². The van der Waals surface area contributed by atoms with Gasteiger partial charge in [-0.05, 0) is 32.6 Å². The van der Waals surface area contributed by atoms with Gasteiger partial charge in [0.1, 0.15) is 6.10 Å². The fraction of sp³-hybridized carbons (Fsp3) is 0.750. The van der Waals surface area contributed by atoms with Gasteiger partial charge in [-0.15, -0.1) is 0 Å². The van der Waals surface area contributed by atoms with E-state index in [4.69, 9.17) is 4.74 Å². The van der Waals surface area contributed by atoms with Gasteiger partial charge in [-0.2, -0.15) is 0 Å². The highest BCUT2D eigenvalue weighted by atomic mass is 16.6. The lowest BCUT2D eigenvalue weighted by Gasteiger charge is -2.56. The summed E-state index contributed by atoms with van der Waals surface area (Å²) in [6, 6.07) is 0. The van der Waals surface area contributed by atoms with Crippen molar-refractivity contribution in [3.63, 3.8) is 0 Å². The van der Waals surface area contributed by atoms with E-state index in [1.807, 2.05) is 26.0 Å². The fourth-order valence-corrected chi connectivity index (χ4v) is 4.35. The van der Waals surface area contributed by atoms with Crippen LogP contribution >= 0.6 is 0 Å². The molecule has 0 radical (unpaired) electrons. The van der Waals surface area contributed by atoms with E-state index in [-0.39, 0.29) is 5.91 Å². The summed E-state index contributed by atoms with van der Waals surface area (Å²) in [5.74, 6) is -1.11. The molecule has 21 heavy (non-hydrogen) atoms. The van der Waals surface area contributed by atoms with Crippen LogP contribution in [0, 0.1) is 11.3 Å². The van der Waals surface area contributed by atoms with Crippen LogP contribution in [0.2, 0.25) is 0 Å². The lowest BCUT2D eigenvalue weighted by atomic mass is 9.60. The van der Waals surface area contributed by atoms with E-state index in [0.29, 0.717) is 6.42 Å². The first-order chi connectivity index (χ1) is 9.82. The second kappa shape index (κ2) is 4.32. The number of nitrogens with one attached hydrogen (secondary N) is 1. The maximum Gasteiger partial charge on any atom is 0.339 e. The molecule has 2 fully saturated rings. The fourth-order valence-electron chi connectivity index (χ4n) is 4.35. The molecule has 3 rings (SSSR count). The Morgan fingerprint density at radius 3 is 2.71 bits per heavy atom. The normalized spacial score (nSPS) is 46.4.